The van der Waals surface area contributed by atoms with Gasteiger partial charge in [0.2, 0.25) is 0 Å². The second kappa shape index (κ2) is 6.48. The first-order chi connectivity index (χ1) is 10.0. The van der Waals surface area contributed by atoms with E-state index < -0.39 is 30.0 Å². The molecule has 1 aromatic carbocycles. The maximum atomic E-state index is 12.9. The molecule has 1 N–H and O–H groups in total. The van der Waals surface area contributed by atoms with E-state index in [2.05, 4.69) is 4.74 Å². The van der Waals surface area contributed by atoms with Crippen molar-refractivity contribution in [1.29, 1.82) is 0 Å². The Labute approximate surface area is 125 Å². The summed E-state index contributed by atoms with van der Waals surface area (Å²) < 4.78 is 42.6. The van der Waals surface area contributed by atoms with E-state index in [0.717, 1.165) is 5.56 Å². The lowest BCUT2D eigenvalue weighted by Gasteiger charge is -2.26. The number of carbonyl (C=O) groups is 2. The van der Waals surface area contributed by atoms with Crippen molar-refractivity contribution in [2.45, 2.75) is 38.0 Å². The van der Waals surface area contributed by atoms with E-state index in [9.17, 15) is 27.9 Å². The summed E-state index contributed by atoms with van der Waals surface area (Å²) in [6.45, 7) is 3.85. The van der Waals surface area contributed by atoms with E-state index in [1.807, 2.05) is 13.8 Å². The molecule has 0 bridgehead atoms. The van der Waals surface area contributed by atoms with E-state index in [4.69, 9.17) is 0 Å². The summed E-state index contributed by atoms with van der Waals surface area (Å²) in [5, 5.41) is 9.57. The van der Waals surface area contributed by atoms with Crippen molar-refractivity contribution in [1.82, 2.24) is 0 Å². The molecule has 0 amide bonds. The van der Waals surface area contributed by atoms with Crippen LogP contribution in [0.25, 0.3) is 0 Å². The Balaban J connectivity index is 3.04. The average Bonchev–Trinajstić information content (AvgIpc) is 2.44. The number of aliphatic hydroxyl groups is 1. The molecule has 0 saturated heterocycles. The Morgan fingerprint density at radius 3 is 2.05 bits per heavy atom. The third-order valence-electron chi connectivity index (χ3n) is 3.31. The van der Waals surface area contributed by atoms with Crippen LogP contribution in [0, 0.1) is 0 Å². The number of alkyl halides is 3. The average molecular weight is 318 g/mol. The molecule has 0 spiro atoms. The summed E-state index contributed by atoms with van der Waals surface area (Å²) in [7, 11) is 0.709. The lowest BCUT2D eigenvalue weighted by atomic mass is 9.92. The number of methoxy groups -OCH3 is 1. The molecule has 122 valence electrons. The minimum Gasteiger partial charge on any atom is -0.467 e. The van der Waals surface area contributed by atoms with Gasteiger partial charge in [-0.15, -0.1) is 0 Å². The van der Waals surface area contributed by atoms with E-state index >= 15 is 0 Å². The number of carbonyl (C=O) groups excluding carboxylic acids is 2. The van der Waals surface area contributed by atoms with Crippen molar-refractivity contribution in [3.63, 3.8) is 0 Å². The number of hydrogen-bond donors (Lipinski definition) is 1. The molecule has 1 aromatic rings. The van der Waals surface area contributed by atoms with Gasteiger partial charge in [0.15, 0.2) is 5.78 Å². The molecular formula is C15H17F3O4. The normalized spacial score (nSPS) is 14.5. The number of halogens is 3. The highest BCUT2D eigenvalue weighted by molar-refractivity contribution is 6.00. The van der Waals surface area contributed by atoms with Gasteiger partial charge in [-0.2, -0.15) is 13.2 Å². The molecule has 1 rings (SSSR count). The Bertz CT molecular complexity index is 549. The van der Waals surface area contributed by atoms with Crippen LogP contribution >= 0.6 is 0 Å². The number of esters is 1. The van der Waals surface area contributed by atoms with Gasteiger partial charge in [-0.1, -0.05) is 38.1 Å². The predicted molar refractivity (Wildman–Crippen MR) is 72.5 cm³/mol. The Morgan fingerprint density at radius 2 is 1.68 bits per heavy atom. The summed E-state index contributed by atoms with van der Waals surface area (Å²) in [6, 6.07) is 5.96. The summed E-state index contributed by atoms with van der Waals surface area (Å²) in [5.41, 5.74) is -2.96. The predicted octanol–water partition coefficient (Wildman–Crippen LogP) is 2.85. The minimum atomic E-state index is -5.31. The van der Waals surface area contributed by atoms with Gasteiger partial charge in [-0.05, 0) is 11.5 Å². The van der Waals surface area contributed by atoms with Gasteiger partial charge in [-0.3, -0.25) is 4.79 Å². The summed E-state index contributed by atoms with van der Waals surface area (Å²) in [5.74, 6) is -2.71. The minimum absolute atomic E-state index is 0.0176. The van der Waals surface area contributed by atoms with Crippen LogP contribution in [-0.4, -0.2) is 35.7 Å². The van der Waals surface area contributed by atoms with Crippen molar-refractivity contribution in [2.75, 3.05) is 7.11 Å². The molecule has 4 nitrogen and oxygen atoms in total. The number of hydrogen-bond acceptors (Lipinski definition) is 4. The second-order valence-electron chi connectivity index (χ2n) is 5.23. The standard InChI is InChI=1S/C15H17F3O4/c1-9(2)10-4-6-11(7-5-10)12(19)8-14(21,13(20)22-3)15(16,17)18/h4-7,9,21H,8H2,1-3H3/t14-/m1/s1. The van der Waals surface area contributed by atoms with Crippen LogP contribution < -0.4 is 0 Å². The number of benzene rings is 1. The maximum Gasteiger partial charge on any atom is 0.428 e. The Morgan fingerprint density at radius 1 is 1.18 bits per heavy atom. The molecule has 0 heterocycles. The zero-order chi connectivity index (χ0) is 17.1. The first-order valence-electron chi connectivity index (χ1n) is 6.53. The van der Waals surface area contributed by atoms with Crippen LogP contribution in [-0.2, 0) is 9.53 Å². The number of Topliss-reactive ketones (excluding diaryl/α,β-unsaturated/α-hetero) is 1. The van der Waals surface area contributed by atoms with Crippen LogP contribution in [0.5, 0.6) is 0 Å². The molecular weight excluding hydrogens is 301 g/mol. The monoisotopic (exact) mass is 318 g/mol. The first kappa shape index (κ1) is 18.2. The van der Waals surface area contributed by atoms with Gasteiger partial charge in [0.1, 0.15) is 0 Å². The maximum absolute atomic E-state index is 12.9. The number of ether oxygens (including phenoxy) is 1. The zero-order valence-corrected chi connectivity index (χ0v) is 12.4. The van der Waals surface area contributed by atoms with Gasteiger partial charge in [0, 0.05) is 5.56 Å². The fourth-order valence-electron chi connectivity index (χ4n) is 1.85. The van der Waals surface area contributed by atoms with Crippen molar-refractivity contribution >= 4 is 11.8 Å². The molecule has 0 saturated carbocycles. The molecule has 0 fully saturated rings. The Kier molecular flexibility index (Phi) is 5.35. The molecule has 0 aliphatic heterocycles. The van der Waals surface area contributed by atoms with E-state index in [1.165, 1.54) is 12.1 Å². The molecule has 7 heteroatoms. The lowest BCUT2D eigenvalue weighted by molar-refractivity contribution is -0.260. The largest absolute Gasteiger partial charge is 0.467 e. The van der Waals surface area contributed by atoms with Gasteiger partial charge >= 0.3 is 12.1 Å². The van der Waals surface area contributed by atoms with Crippen molar-refractivity contribution in [3.8, 4) is 0 Å². The van der Waals surface area contributed by atoms with Gasteiger partial charge in [-0.25, -0.2) is 4.79 Å². The highest BCUT2D eigenvalue weighted by Crippen LogP contribution is 2.35. The Hall–Kier alpha value is -1.89. The lowest BCUT2D eigenvalue weighted by Crippen LogP contribution is -2.54. The molecule has 0 aromatic heterocycles. The zero-order valence-electron chi connectivity index (χ0n) is 12.4. The van der Waals surface area contributed by atoms with E-state index in [-0.39, 0.29) is 11.5 Å². The first-order valence-corrected chi connectivity index (χ1v) is 6.53. The quantitative estimate of drug-likeness (QED) is 0.670. The summed E-state index contributed by atoms with van der Waals surface area (Å²) >= 11 is 0. The number of ketones is 1. The highest BCUT2D eigenvalue weighted by atomic mass is 19.4. The van der Waals surface area contributed by atoms with Crippen LogP contribution in [0.3, 0.4) is 0 Å². The molecule has 22 heavy (non-hydrogen) atoms. The van der Waals surface area contributed by atoms with E-state index in [0.29, 0.717) is 7.11 Å². The molecule has 0 unspecified atom stereocenters. The molecule has 0 aliphatic rings. The van der Waals surface area contributed by atoms with Crippen molar-refractivity contribution in [3.05, 3.63) is 35.4 Å². The fourth-order valence-corrected chi connectivity index (χ4v) is 1.85. The third kappa shape index (κ3) is 3.65. The summed E-state index contributed by atoms with van der Waals surface area (Å²) in [4.78, 5) is 23.2. The molecule has 0 aliphatic carbocycles. The third-order valence-corrected chi connectivity index (χ3v) is 3.31. The van der Waals surface area contributed by atoms with Crippen molar-refractivity contribution in [2.24, 2.45) is 0 Å². The van der Waals surface area contributed by atoms with Gasteiger partial charge in [0.05, 0.1) is 13.5 Å². The van der Waals surface area contributed by atoms with Gasteiger partial charge < -0.3 is 9.84 Å². The van der Waals surface area contributed by atoms with E-state index in [1.54, 1.807) is 12.1 Å². The topological polar surface area (TPSA) is 63.6 Å². The van der Waals surface area contributed by atoms with Crippen LogP contribution in [0.4, 0.5) is 13.2 Å². The highest BCUT2D eigenvalue weighted by Gasteiger charge is 2.61. The second-order valence-corrected chi connectivity index (χ2v) is 5.23. The van der Waals surface area contributed by atoms with Crippen LogP contribution in [0.15, 0.2) is 24.3 Å². The van der Waals surface area contributed by atoms with Gasteiger partial charge in [0.25, 0.3) is 5.60 Å². The molecule has 0 radical (unpaired) electrons. The van der Waals surface area contributed by atoms with Crippen molar-refractivity contribution < 1.29 is 32.6 Å². The number of rotatable bonds is 5. The van der Waals surface area contributed by atoms with Crippen LogP contribution in [0.2, 0.25) is 0 Å². The SMILES string of the molecule is COC(=O)[C@](O)(CC(=O)c1ccc(C(C)C)cc1)C(F)(F)F. The molecule has 1 atom stereocenters. The fraction of sp³-hybridized carbons (Fsp3) is 0.467. The van der Waals surface area contributed by atoms with Crippen LogP contribution in [0.1, 0.15) is 42.1 Å². The smallest absolute Gasteiger partial charge is 0.428 e. The summed E-state index contributed by atoms with van der Waals surface area (Å²) in [6.07, 6.45) is -6.74.